The fourth-order valence-corrected chi connectivity index (χ4v) is 9.63. The van der Waals surface area contributed by atoms with Crippen LogP contribution in [0.1, 0.15) is 41.7 Å². The van der Waals surface area contributed by atoms with Crippen molar-refractivity contribution in [1.29, 1.82) is 0 Å². The van der Waals surface area contributed by atoms with E-state index in [1.165, 1.54) is 38.8 Å². The number of aryl methyl sites for hydroxylation is 3. The molecular weight excluding hydrogens is 794 g/mol. The van der Waals surface area contributed by atoms with Crippen LogP contribution in [0.25, 0.3) is 32.9 Å². The minimum atomic E-state index is -2.94. The molecule has 7 aromatic rings. The minimum absolute atomic E-state index is 0. The van der Waals surface area contributed by atoms with E-state index in [2.05, 4.69) is 70.2 Å². The Morgan fingerprint density at radius 3 is 2.08 bits per heavy atom. The zero-order valence-corrected chi connectivity index (χ0v) is 31.7. The number of rotatable bonds is 5. The van der Waals surface area contributed by atoms with Crippen LogP contribution in [0, 0.1) is 31.9 Å². The summed E-state index contributed by atoms with van der Waals surface area (Å²) in [5.41, 5.74) is 10.3. The molecule has 0 saturated heterocycles. The predicted octanol–water partition coefficient (Wildman–Crippen LogP) is 9.89. The third-order valence-electron chi connectivity index (χ3n) is 9.31. The Kier molecular flexibility index (Phi) is 10.5. The van der Waals surface area contributed by atoms with Crippen LogP contribution in [-0.2, 0) is 43.9 Å². The van der Waals surface area contributed by atoms with Crippen LogP contribution in [0.3, 0.4) is 0 Å². The van der Waals surface area contributed by atoms with E-state index in [4.69, 9.17) is 4.98 Å². The molecule has 0 saturated carbocycles. The maximum absolute atomic E-state index is 14.2. The molecule has 2 nitrogen and oxygen atoms in total. The molecule has 4 heteroatoms. The molecule has 6 aromatic carbocycles. The van der Waals surface area contributed by atoms with Gasteiger partial charge in [-0.05, 0) is 36.1 Å². The predicted molar refractivity (Wildman–Crippen MR) is 204 cm³/mol. The standard InChI is InChI=1S/C23H24N.C22H16OP.Ir/c1-14(2)10-17-6-5-7-22-20(17)13-18-8-9-19-16(4)11-15(3)12-21(19)23(18)24-22;23-24(20-11-3-1-4-12-20,21-13-5-2-6-14-21)22-16-15-18-9-7-8-10-19(18)17-22;/h5-7,11,13-14H,8-10H2,1-4H3;1-15,17H;/q2*-1;. The zero-order chi connectivity index (χ0) is 33.3. The van der Waals surface area contributed by atoms with E-state index < -0.39 is 7.14 Å². The van der Waals surface area contributed by atoms with Crippen LogP contribution in [0.15, 0.2) is 127 Å². The summed E-state index contributed by atoms with van der Waals surface area (Å²) in [6.45, 7) is 8.90. The zero-order valence-electron chi connectivity index (χ0n) is 28.5. The van der Waals surface area contributed by atoms with E-state index in [0.29, 0.717) is 5.92 Å². The average molecular weight is 834 g/mol. The normalized spacial score (nSPS) is 12.1. The van der Waals surface area contributed by atoms with Gasteiger partial charge in [0.1, 0.15) is 7.14 Å². The third-order valence-corrected chi connectivity index (χ3v) is 12.3. The molecule has 0 spiro atoms. The monoisotopic (exact) mass is 834 g/mol. The Labute approximate surface area is 304 Å². The van der Waals surface area contributed by atoms with E-state index in [0.717, 1.165) is 57.2 Å². The van der Waals surface area contributed by atoms with Gasteiger partial charge >= 0.3 is 0 Å². The van der Waals surface area contributed by atoms with Gasteiger partial charge in [0.05, 0.1) is 5.52 Å². The van der Waals surface area contributed by atoms with Gasteiger partial charge in [-0.1, -0.05) is 142 Å². The van der Waals surface area contributed by atoms with Crippen molar-refractivity contribution < 1.29 is 24.7 Å². The van der Waals surface area contributed by atoms with Crippen molar-refractivity contribution in [1.82, 2.24) is 4.98 Å². The molecule has 8 rings (SSSR count). The number of nitrogens with zero attached hydrogens (tertiary/aromatic N) is 1. The van der Waals surface area contributed by atoms with Crippen molar-refractivity contribution in [3.63, 3.8) is 0 Å². The Morgan fingerprint density at radius 2 is 1.41 bits per heavy atom. The van der Waals surface area contributed by atoms with Gasteiger partial charge in [0.2, 0.25) is 0 Å². The summed E-state index contributed by atoms with van der Waals surface area (Å²) >= 11 is 0. The molecule has 0 unspecified atom stereocenters. The molecule has 1 aliphatic carbocycles. The number of aromatic nitrogens is 1. The maximum atomic E-state index is 14.2. The second-order valence-electron chi connectivity index (χ2n) is 13.3. The first-order valence-corrected chi connectivity index (χ1v) is 18.6. The first-order chi connectivity index (χ1) is 23.3. The van der Waals surface area contributed by atoms with Crippen LogP contribution in [0.2, 0.25) is 0 Å². The molecule has 0 amide bonds. The Balaban J connectivity index is 0.000000167. The topological polar surface area (TPSA) is 30.0 Å². The number of fused-ring (bicyclic) bond motifs is 5. The van der Waals surface area contributed by atoms with Gasteiger partial charge in [0.25, 0.3) is 0 Å². The van der Waals surface area contributed by atoms with Gasteiger partial charge in [-0.25, -0.2) is 0 Å². The quantitative estimate of drug-likeness (QED) is 0.128. The number of hydrogen-bond donors (Lipinski definition) is 0. The molecule has 247 valence electrons. The van der Waals surface area contributed by atoms with Crippen LogP contribution in [0.5, 0.6) is 0 Å². The minimum Gasteiger partial charge on any atom is -0.311 e. The van der Waals surface area contributed by atoms with Crippen LogP contribution in [-0.4, -0.2) is 4.98 Å². The van der Waals surface area contributed by atoms with Gasteiger partial charge < -0.3 is 4.57 Å². The van der Waals surface area contributed by atoms with E-state index >= 15 is 0 Å². The molecule has 0 fully saturated rings. The summed E-state index contributed by atoms with van der Waals surface area (Å²) in [7, 11) is -2.94. The van der Waals surface area contributed by atoms with Gasteiger partial charge in [-0.15, -0.1) is 51.2 Å². The number of pyridine rings is 1. The van der Waals surface area contributed by atoms with E-state index in [1.54, 1.807) is 0 Å². The fraction of sp³-hybridized carbons (Fsp3) is 0.178. The van der Waals surface area contributed by atoms with Crippen molar-refractivity contribution in [3.8, 4) is 11.3 Å². The molecule has 0 N–H and O–H groups in total. The largest absolute Gasteiger partial charge is 0.311 e. The van der Waals surface area contributed by atoms with Gasteiger partial charge in [0, 0.05) is 36.1 Å². The van der Waals surface area contributed by atoms with E-state index in [1.807, 2.05) is 97.1 Å². The van der Waals surface area contributed by atoms with Gasteiger partial charge in [-0.2, -0.15) is 18.2 Å². The average Bonchev–Trinajstić information content (AvgIpc) is 3.11. The Hall–Kier alpha value is -4.13. The smallest absolute Gasteiger partial charge is 0.147 e. The number of hydrogen-bond acceptors (Lipinski definition) is 2. The number of benzene rings is 6. The van der Waals surface area contributed by atoms with Crippen LogP contribution in [0.4, 0.5) is 0 Å². The summed E-state index contributed by atoms with van der Waals surface area (Å²) < 4.78 is 14.2. The summed E-state index contributed by atoms with van der Waals surface area (Å²) in [4.78, 5) is 5.08. The maximum Gasteiger partial charge on any atom is 0.147 e. The van der Waals surface area contributed by atoms with Gasteiger partial charge in [0.15, 0.2) is 0 Å². The molecule has 0 bridgehead atoms. The summed E-state index contributed by atoms with van der Waals surface area (Å²) in [5, 5.41) is 5.94. The SMILES string of the molecule is Cc1[c-]c2c(c(C)c1)CCc1cc3c(CC(C)C)cccc3nc1-2.O=P(c1[c-]cc2ccccc2c1)(c1ccccc1)c1ccccc1.[Ir]. The molecule has 0 aliphatic heterocycles. The molecule has 1 heterocycles. The Morgan fingerprint density at radius 1 is 0.755 bits per heavy atom. The first-order valence-electron chi connectivity index (χ1n) is 16.9. The van der Waals surface area contributed by atoms with Gasteiger partial charge in [-0.3, -0.25) is 4.98 Å². The van der Waals surface area contributed by atoms with Crippen molar-refractivity contribution in [2.75, 3.05) is 0 Å². The first kappa shape index (κ1) is 34.7. The molecule has 1 radical (unpaired) electrons. The summed E-state index contributed by atoms with van der Waals surface area (Å²) in [5.74, 6) is 0.658. The molecule has 49 heavy (non-hydrogen) atoms. The molecule has 1 aromatic heterocycles. The van der Waals surface area contributed by atoms with Crippen molar-refractivity contribution in [2.45, 2.75) is 47.0 Å². The third kappa shape index (κ3) is 6.99. The Bertz CT molecular complexity index is 2250. The molecule has 0 atom stereocenters. The molecule has 1 aliphatic rings. The fourth-order valence-electron chi connectivity index (χ4n) is 7.02. The van der Waals surface area contributed by atoms with E-state index in [9.17, 15) is 4.57 Å². The van der Waals surface area contributed by atoms with Crippen LogP contribution >= 0.6 is 7.14 Å². The summed E-state index contributed by atoms with van der Waals surface area (Å²) in [6.07, 6.45) is 3.29. The van der Waals surface area contributed by atoms with Crippen molar-refractivity contribution >= 4 is 44.7 Å². The van der Waals surface area contributed by atoms with Crippen molar-refractivity contribution in [2.24, 2.45) is 5.92 Å². The second-order valence-corrected chi connectivity index (χ2v) is 16.0. The second kappa shape index (κ2) is 14.8. The summed E-state index contributed by atoms with van der Waals surface area (Å²) in [6, 6.07) is 49.5. The molecular formula is C45H40IrNOP-2. The van der Waals surface area contributed by atoms with E-state index in [-0.39, 0.29) is 20.1 Å². The van der Waals surface area contributed by atoms with Crippen molar-refractivity contribution in [3.05, 3.63) is 167 Å². The van der Waals surface area contributed by atoms with Crippen LogP contribution < -0.4 is 15.9 Å².